The first-order chi connectivity index (χ1) is 15.0. The van der Waals surface area contributed by atoms with Crippen molar-refractivity contribution in [1.29, 1.82) is 0 Å². The van der Waals surface area contributed by atoms with E-state index in [4.69, 9.17) is 9.97 Å². The van der Waals surface area contributed by atoms with Crippen LogP contribution in [0.1, 0.15) is 39.5 Å². The second-order valence-electron chi connectivity index (χ2n) is 8.93. The van der Waals surface area contributed by atoms with Crippen molar-refractivity contribution in [3.05, 3.63) is 24.3 Å². The molecule has 2 aromatic rings. The summed E-state index contributed by atoms with van der Waals surface area (Å²) in [6, 6.07) is 7.64. The number of carbonyl (C=O) groups excluding carboxylic acids is 2. The van der Waals surface area contributed by atoms with Crippen molar-refractivity contribution in [3.8, 4) is 0 Å². The number of carbonyl (C=O) groups is 2. The molecule has 1 atom stereocenters. The number of likely N-dealkylation sites (tertiary alicyclic amines) is 1. The van der Waals surface area contributed by atoms with E-state index in [0.29, 0.717) is 31.4 Å². The maximum Gasteiger partial charge on any atom is 0.317 e. The lowest BCUT2D eigenvalue weighted by Crippen LogP contribution is -2.48. The van der Waals surface area contributed by atoms with E-state index in [1.165, 1.54) is 0 Å². The lowest BCUT2D eigenvalue weighted by molar-refractivity contribution is -0.121. The first-order valence-corrected chi connectivity index (χ1v) is 11.4. The van der Waals surface area contributed by atoms with Crippen LogP contribution in [0, 0.1) is 11.8 Å². The van der Waals surface area contributed by atoms with E-state index in [1.807, 2.05) is 24.3 Å². The molecule has 1 aromatic heterocycles. The highest BCUT2D eigenvalue weighted by Gasteiger charge is 2.30. The molecule has 2 aliphatic rings. The number of piperidine rings is 1. The smallest absolute Gasteiger partial charge is 0.317 e. The van der Waals surface area contributed by atoms with Crippen molar-refractivity contribution in [1.82, 2.24) is 20.2 Å². The van der Waals surface area contributed by atoms with Crippen molar-refractivity contribution in [2.24, 2.45) is 11.8 Å². The third-order valence-corrected chi connectivity index (χ3v) is 5.94. The molecule has 0 unspecified atom stereocenters. The summed E-state index contributed by atoms with van der Waals surface area (Å²) in [5.41, 5.74) is 1.59. The van der Waals surface area contributed by atoms with E-state index in [9.17, 15) is 9.59 Å². The predicted octanol–water partition coefficient (Wildman–Crippen LogP) is 3.25. The van der Waals surface area contributed by atoms with Gasteiger partial charge in [-0.1, -0.05) is 26.0 Å². The first kappa shape index (κ1) is 21.3. The maximum absolute atomic E-state index is 13.1. The monoisotopic (exact) mass is 424 g/mol. The Bertz CT molecular complexity index is 941. The van der Waals surface area contributed by atoms with Gasteiger partial charge in [0, 0.05) is 32.7 Å². The lowest BCUT2D eigenvalue weighted by atomic mass is 9.97. The molecule has 2 aliphatic heterocycles. The van der Waals surface area contributed by atoms with E-state index < -0.39 is 0 Å². The Hall–Kier alpha value is -2.90. The Kier molecular flexibility index (Phi) is 6.53. The van der Waals surface area contributed by atoms with Crippen LogP contribution < -0.4 is 15.5 Å². The number of aromatic nitrogens is 2. The molecule has 0 radical (unpaired) electrons. The highest BCUT2D eigenvalue weighted by molar-refractivity contribution is 5.96. The van der Waals surface area contributed by atoms with E-state index in [1.54, 1.807) is 4.90 Å². The number of fused-ring (bicyclic) bond motifs is 1. The average molecular weight is 425 g/mol. The second-order valence-corrected chi connectivity index (χ2v) is 8.93. The van der Waals surface area contributed by atoms with Gasteiger partial charge in [-0.25, -0.2) is 14.8 Å². The summed E-state index contributed by atoms with van der Waals surface area (Å²) in [5, 5.41) is 6.00. The Morgan fingerprint density at radius 2 is 1.77 bits per heavy atom. The fourth-order valence-corrected chi connectivity index (χ4v) is 4.22. The normalized spacial score (nSPS) is 19.1. The van der Waals surface area contributed by atoms with E-state index in [2.05, 4.69) is 29.4 Å². The summed E-state index contributed by atoms with van der Waals surface area (Å²) in [5.74, 6) is 1.31. The number of benzene rings is 1. The summed E-state index contributed by atoms with van der Waals surface area (Å²) in [6.07, 6.45) is 3.81. The molecule has 2 fully saturated rings. The fraction of sp³-hybridized carbons (Fsp3) is 0.565. The average Bonchev–Trinajstić information content (AvgIpc) is 3.31. The molecule has 8 heteroatoms. The number of nitrogens with one attached hydrogen (secondary N) is 2. The fourth-order valence-electron chi connectivity index (χ4n) is 4.22. The summed E-state index contributed by atoms with van der Waals surface area (Å²) in [7, 11) is 0. The molecular formula is C23H32N6O2. The molecule has 166 valence electrons. The SMILES string of the molecule is CC(C)CNC(=O)N1CCC[C@@H](C(=O)Nc2nc3ccccc3nc2N2CCCC2)C1. The van der Waals surface area contributed by atoms with E-state index in [-0.39, 0.29) is 17.9 Å². The van der Waals surface area contributed by atoms with E-state index >= 15 is 0 Å². The van der Waals surface area contributed by atoms with Gasteiger partial charge in [0.2, 0.25) is 5.91 Å². The standard InChI is InChI=1S/C23H32N6O2/c1-16(2)14-24-23(31)29-13-7-8-17(15-29)22(30)27-20-21(28-11-5-6-12-28)26-19-10-4-3-9-18(19)25-20/h3-4,9-10,16-17H,5-8,11-15H2,1-2H3,(H,24,31)(H,25,27,30)/t17-/m1/s1. The second kappa shape index (κ2) is 9.49. The molecule has 8 nitrogen and oxygen atoms in total. The summed E-state index contributed by atoms with van der Waals surface area (Å²) >= 11 is 0. The van der Waals surface area contributed by atoms with E-state index in [0.717, 1.165) is 55.6 Å². The molecular weight excluding hydrogens is 392 g/mol. The molecule has 3 amide bonds. The number of nitrogens with zero attached hydrogens (tertiary/aromatic N) is 4. The Balaban J connectivity index is 1.49. The molecule has 1 aromatic carbocycles. The van der Waals surface area contributed by atoms with Crippen LogP contribution in [-0.2, 0) is 4.79 Å². The lowest BCUT2D eigenvalue weighted by Gasteiger charge is -2.32. The van der Waals surface area contributed by atoms with Crippen molar-refractivity contribution in [3.63, 3.8) is 0 Å². The molecule has 2 N–H and O–H groups in total. The highest BCUT2D eigenvalue weighted by Crippen LogP contribution is 2.29. The van der Waals surface area contributed by atoms with Gasteiger partial charge in [0.15, 0.2) is 11.6 Å². The molecule has 31 heavy (non-hydrogen) atoms. The molecule has 0 bridgehead atoms. The zero-order chi connectivity index (χ0) is 21.8. The third-order valence-electron chi connectivity index (χ3n) is 5.94. The van der Waals surface area contributed by atoms with Crippen molar-refractivity contribution in [2.75, 3.05) is 42.9 Å². The molecule has 2 saturated heterocycles. The number of amides is 3. The van der Waals surface area contributed by atoms with Gasteiger partial charge in [-0.05, 0) is 43.7 Å². The van der Waals surface area contributed by atoms with Gasteiger partial charge in [0.05, 0.1) is 17.0 Å². The minimum Gasteiger partial charge on any atom is -0.354 e. The van der Waals surface area contributed by atoms with Gasteiger partial charge < -0.3 is 20.4 Å². The number of hydrogen-bond acceptors (Lipinski definition) is 5. The highest BCUT2D eigenvalue weighted by atomic mass is 16.2. The van der Waals surface area contributed by atoms with Crippen molar-refractivity contribution >= 4 is 34.6 Å². The van der Waals surface area contributed by atoms with Crippen LogP contribution in [0.5, 0.6) is 0 Å². The third kappa shape index (κ3) is 5.06. The van der Waals surface area contributed by atoms with Crippen molar-refractivity contribution < 1.29 is 9.59 Å². The van der Waals surface area contributed by atoms with Crippen LogP contribution in [0.2, 0.25) is 0 Å². The zero-order valence-corrected chi connectivity index (χ0v) is 18.4. The molecule has 0 aliphatic carbocycles. The number of urea groups is 1. The summed E-state index contributed by atoms with van der Waals surface area (Å²) < 4.78 is 0. The van der Waals surface area contributed by atoms with Crippen molar-refractivity contribution in [2.45, 2.75) is 39.5 Å². The van der Waals surface area contributed by atoms with Gasteiger partial charge in [0.1, 0.15) is 0 Å². The van der Waals surface area contributed by atoms with Crippen LogP contribution in [0.15, 0.2) is 24.3 Å². The number of hydrogen-bond donors (Lipinski definition) is 2. The number of anilines is 2. The minimum atomic E-state index is -0.252. The summed E-state index contributed by atoms with van der Waals surface area (Å²) in [4.78, 5) is 39.1. The minimum absolute atomic E-state index is 0.0885. The molecule has 4 rings (SSSR count). The largest absolute Gasteiger partial charge is 0.354 e. The van der Waals surface area contributed by atoms with Crippen LogP contribution >= 0.6 is 0 Å². The molecule has 3 heterocycles. The van der Waals surface area contributed by atoms with Crippen LogP contribution in [0.3, 0.4) is 0 Å². The van der Waals surface area contributed by atoms with Crippen LogP contribution in [0.4, 0.5) is 16.4 Å². The summed E-state index contributed by atoms with van der Waals surface area (Å²) in [6.45, 7) is 7.72. The molecule has 0 saturated carbocycles. The molecule has 0 spiro atoms. The topological polar surface area (TPSA) is 90.5 Å². The van der Waals surface area contributed by atoms with Gasteiger partial charge in [-0.2, -0.15) is 0 Å². The van der Waals surface area contributed by atoms with Gasteiger partial charge in [-0.15, -0.1) is 0 Å². The Labute approximate surface area is 183 Å². The Morgan fingerprint density at radius 3 is 2.48 bits per heavy atom. The zero-order valence-electron chi connectivity index (χ0n) is 18.4. The first-order valence-electron chi connectivity index (χ1n) is 11.4. The van der Waals surface area contributed by atoms with Crippen LogP contribution in [0.25, 0.3) is 11.0 Å². The maximum atomic E-state index is 13.1. The number of rotatable bonds is 5. The predicted molar refractivity (Wildman–Crippen MR) is 122 cm³/mol. The van der Waals surface area contributed by atoms with Gasteiger partial charge >= 0.3 is 6.03 Å². The number of para-hydroxylation sites is 2. The van der Waals surface area contributed by atoms with Crippen LogP contribution in [-0.4, -0.2) is 59.5 Å². The quantitative estimate of drug-likeness (QED) is 0.769. The van der Waals surface area contributed by atoms with Gasteiger partial charge in [0.25, 0.3) is 0 Å². The van der Waals surface area contributed by atoms with Gasteiger partial charge in [-0.3, -0.25) is 4.79 Å². The Morgan fingerprint density at radius 1 is 1.06 bits per heavy atom.